The third-order valence-electron chi connectivity index (χ3n) is 4.76. The predicted octanol–water partition coefficient (Wildman–Crippen LogP) is 4.77. The number of carbonyl (C=O) groups is 1. The second kappa shape index (κ2) is 7.55. The first-order chi connectivity index (χ1) is 12.8. The summed E-state index contributed by atoms with van der Waals surface area (Å²) in [5.41, 5.74) is 2.96. The van der Waals surface area contributed by atoms with Gasteiger partial charge in [0.2, 0.25) is 5.91 Å². The van der Waals surface area contributed by atoms with Gasteiger partial charge in [-0.25, -0.2) is 4.98 Å². The van der Waals surface area contributed by atoms with E-state index in [1.54, 1.807) is 0 Å². The van der Waals surface area contributed by atoms with Crippen molar-refractivity contribution in [2.75, 3.05) is 0 Å². The normalized spacial score (nSPS) is 11.9. The molecule has 0 bridgehead atoms. The van der Waals surface area contributed by atoms with Crippen molar-refractivity contribution in [1.29, 1.82) is 0 Å². The summed E-state index contributed by atoms with van der Waals surface area (Å²) in [4.78, 5) is 20.0. The molecule has 1 aromatic heterocycles. The van der Waals surface area contributed by atoms with Crippen molar-refractivity contribution in [3.05, 3.63) is 66.0 Å². The molecule has 2 aromatic carbocycles. The van der Waals surface area contributed by atoms with Crippen LogP contribution in [0.5, 0.6) is 0 Å². The summed E-state index contributed by atoms with van der Waals surface area (Å²) >= 11 is 0. The van der Waals surface area contributed by atoms with Gasteiger partial charge in [0.1, 0.15) is 12.4 Å². The van der Waals surface area contributed by atoms with Crippen LogP contribution in [0.4, 0.5) is 0 Å². The minimum absolute atomic E-state index is 0.113. The number of aromatic nitrogens is 2. The highest BCUT2D eigenvalue weighted by Crippen LogP contribution is 2.26. The molecule has 0 N–H and O–H groups in total. The molecule has 0 atom stereocenters. The third kappa shape index (κ3) is 4.21. The fourth-order valence-electron chi connectivity index (χ4n) is 3.37. The zero-order valence-electron chi connectivity index (χ0n) is 16.9. The number of carbonyl (C=O) groups excluding carboxylic acids is 1. The van der Waals surface area contributed by atoms with Gasteiger partial charge in [-0.3, -0.25) is 4.79 Å². The molecule has 0 aliphatic carbocycles. The Balaban J connectivity index is 1.94. The van der Waals surface area contributed by atoms with Crippen LogP contribution in [-0.2, 0) is 23.3 Å². The Morgan fingerprint density at radius 3 is 2.30 bits per heavy atom. The van der Waals surface area contributed by atoms with E-state index < -0.39 is 0 Å². The van der Waals surface area contributed by atoms with Gasteiger partial charge in [0.05, 0.1) is 11.0 Å². The molecule has 27 heavy (non-hydrogen) atoms. The van der Waals surface area contributed by atoms with E-state index in [0.717, 1.165) is 22.4 Å². The number of hydrogen-bond acceptors (Lipinski definition) is 2. The maximum absolute atomic E-state index is 13.3. The average molecular weight is 364 g/mol. The first-order valence-corrected chi connectivity index (χ1v) is 9.56. The molecule has 0 aliphatic heterocycles. The Morgan fingerprint density at radius 2 is 1.67 bits per heavy atom. The van der Waals surface area contributed by atoms with E-state index in [0.29, 0.717) is 13.1 Å². The summed E-state index contributed by atoms with van der Waals surface area (Å²) in [5.74, 6) is 1.06. The predicted molar refractivity (Wildman–Crippen MR) is 111 cm³/mol. The Labute approximate surface area is 161 Å². The Bertz CT molecular complexity index is 920. The number of benzene rings is 2. The van der Waals surface area contributed by atoms with Crippen molar-refractivity contribution < 1.29 is 4.79 Å². The lowest BCUT2D eigenvalue weighted by Gasteiger charge is -2.28. The lowest BCUT2D eigenvalue weighted by atomic mass is 9.95. The first-order valence-electron chi connectivity index (χ1n) is 9.56. The summed E-state index contributed by atoms with van der Waals surface area (Å²) in [5, 5.41) is 0. The van der Waals surface area contributed by atoms with Gasteiger partial charge in [0.15, 0.2) is 0 Å². The average Bonchev–Trinajstić information content (AvgIpc) is 2.99. The summed E-state index contributed by atoms with van der Waals surface area (Å²) in [6.45, 7) is 11.5. The highest BCUT2D eigenvalue weighted by Gasteiger charge is 2.26. The van der Waals surface area contributed by atoms with E-state index in [1.807, 2.05) is 47.4 Å². The monoisotopic (exact) mass is 363 g/mol. The zero-order valence-corrected chi connectivity index (χ0v) is 16.9. The third-order valence-corrected chi connectivity index (χ3v) is 4.76. The van der Waals surface area contributed by atoms with Gasteiger partial charge >= 0.3 is 0 Å². The molecule has 0 saturated heterocycles. The quantitative estimate of drug-likeness (QED) is 0.655. The van der Waals surface area contributed by atoms with Crippen LogP contribution in [0.25, 0.3) is 11.0 Å². The molecule has 0 fully saturated rings. The Morgan fingerprint density at radius 1 is 1.04 bits per heavy atom. The second-order valence-corrected chi connectivity index (χ2v) is 8.36. The van der Waals surface area contributed by atoms with Crippen molar-refractivity contribution >= 4 is 16.9 Å². The van der Waals surface area contributed by atoms with Gasteiger partial charge in [-0.15, -0.1) is 0 Å². The van der Waals surface area contributed by atoms with Gasteiger partial charge in [0, 0.05) is 18.0 Å². The van der Waals surface area contributed by atoms with Crippen LogP contribution in [0.15, 0.2) is 54.6 Å². The minimum Gasteiger partial charge on any atom is -0.334 e. The van der Waals surface area contributed by atoms with Crippen LogP contribution in [0.2, 0.25) is 0 Å². The van der Waals surface area contributed by atoms with Crippen molar-refractivity contribution in [2.45, 2.75) is 59.2 Å². The second-order valence-electron chi connectivity index (χ2n) is 8.36. The number of rotatable bonds is 5. The number of hydrogen-bond donors (Lipinski definition) is 0. The first kappa shape index (κ1) is 19.2. The highest BCUT2D eigenvalue weighted by atomic mass is 16.2. The summed E-state index contributed by atoms with van der Waals surface area (Å²) < 4.78 is 2.08. The van der Waals surface area contributed by atoms with E-state index in [-0.39, 0.29) is 17.4 Å². The molecule has 142 valence electrons. The van der Waals surface area contributed by atoms with E-state index >= 15 is 0 Å². The van der Waals surface area contributed by atoms with E-state index in [2.05, 4.69) is 51.3 Å². The lowest BCUT2D eigenvalue weighted by Crippen LogP contribution is -2.39. The summed E-state index contributed by atoms with van der Waals surface area (Å²) in [7, 11) is 0. The van der Waals surface area contributed by atoms with Gasteiger partial charge in [-0.05, 0) is 31.5 Å². The van der Waals surface area contributed by atoms with Crippen LogP contribution in [0.1, 0.15) is 46.0 Å². The number of amides is 1. The van der Waals surface area contributed by atoms with Crippen molar-refractivity contribution in [2.24, 2.45) is 0 Å². The molecule has 0 unspecified atom stereocenters. The van der Waals surface area contributed by atoms with E-state index in [4.69, 9.17) is 4.98 Å². The molecule has 0 aliphatic rings. The Hall–Kier alpha value is -2.62. The number of nitrogens with zero attached hydrogens (tertiary/aromatic N) is 3. The molecule has 4 nitrogen and oxygen atoms in total. The molecule has 1 heterocycles. The molecular weight excluding hydrogens is 334 g/mol. The maximum Gasteiger partial charge on any atom is 0.243 e. The minimum atomic E-state index is -0.138. The topological polar surface area (TPSA) is 38.1 Å². The molecule has 0 radical (unpaired) electrons. The van der Waals surface area contributed by atoms with Crippen LogP contribution in [0.3, 0.4) is 0 Å². The summed E-state index contributed by atoms with van der Waals surface area (Å²) in [6, 6.07) is 18.3. The number of imidazole rings is 1. The number of fused-ring (bicyclic) bond motifs is 1. The van der Waals surface area contributed by atoms with Crippen molar-refractivity contribution in [3.8, 4) is 0 Å². The lowest BCUT2D eigenvalue weighted by molar-refractivity contribution is -0.134. The maximum atomic E-state index is 13.3. The van der Waals surface area contributed by atoms with Gasteiger partial charge in [-0.2, -0.15) is 0 Å². The van der Waals surface area contributed by atoms with Gasteiger partial charge in [-0.1, -0.05) is 63.2 Å². The fraction of sp³-hybridized carbons (Fsp3) is 0.391. The standard InChI is InChI=1S/C23H29N3O/c1-17(2)25(15-18-11-7-6-8-12-18)21(27)16-26-20-14-10-9-13-19(20)24-22(26)23(3,4)5/h6-14,17H,15-16H2,1-5H3. The van der Waals surface area contributed by atoms with Gasteiger partial charge < -0.3 is 9.47 Å². The van der Waals surface area contributed by atoms with Gasteiger partial charge in [0.25, 0.3) is 0 Å². The van der Waals surface area contributed by atoms with Crippen molar-refractivity contribution in [1.82, 2.24) is 14.5 Å². The highest BCUT2D eigenvalue weighted by molar-refractivity contribution is 5.81. The van der Waals surface area contributed by atoms with E-state index in [9.17, 15) is 4.79 Å². The van der Waals surface area contributed by atoms with Crippen molar-refractivity contribution in [3.63, 3.8) is 0 Å². The molecule has 0 spiro atoms. The van der Waals surface area contributed by atoms with Crippen LogP contribution in [0, 0.1) is 0 Å². The van der Waals surface area contributed by atoms with Crippen LogP contribution >= 0.6 is 0 Å². The van der Waals surface area contributed by atoms with Crippen LogP contribution < -0.4 is 0 Å². The molecule has 3 aromatic rings. The molecule has 0 saturated carbocycles. The smallest absolute Gasteiger partial charge is 0.243 e. The molecular formula is C23H29N3O. The van der Waals surface area contributed by atoms with Crippen LogP contribution in [-0.4, -0.2) is 26.4 Å². The number of para-hydroxylation sites is 2. The zero-order chi connectivity index (χ0) is 19.6. The van der Waals surface area contributed by atoms with E-state index in [1.165, 1.54) is 0 Å². The largest absolute Gasteiger partial charge is 0.334 e. The molecule has 1 amide bonds. The molecule has 3 rings (SSSR count). The Kier molecular flexibility index (Phi) is 5.36. The fourth-order valence-corrected chi connectivity index (χ4v) is 3.37. The molecule has 4 heteroatoms. The SMILES string of the molecule is CC(C)N(Cc1ccccc1)C(=O)Cn1c(C(C)(C)C)nc2ccccc21. The summed E-state index contributed by atoms with van der Waals surface area (Å²) in [6.07, 6.45) is 0.